The van der Waals surface area contributed by atoms with Gasteiger partial charge in [-0.1, -0.05) is 20.8 Å². The third-order valence-corrected chi connectivity index (χ3v) is 5.32. The molecule has 9 nitrogen and oxygen atoms in total. The first-order valence-electron chi connectivity index (χ1n) is 10.1. The molecule has 2 aromatic rings. The molecule has 0 bridgehead atoms. The van der Waals surface area contributed by atoms with Gasteiger partial charge < -0.3 is 25.1 Å². The van der Waals surface area contributed by atoms with E-state index in [-0.39, 0.29) is 17.4 Å². The van der Waals surface area contributed by atoms with Crippen LogP contribution in [-0.2, 0) is 17.9 Å². The zero-order chi connectivity index (χ0) is 22.1. The standard InChI is InChI=1S/C21H30N6O3/c1-21(2,3)17(20(30)22-4)25-19(29)16-14-12-26(5)9-6-10-27(14)18(24-16)13-7-8-15(28)23-11-13/h7-8,11,17H,6,9-10,12H2,1-5H3,(H,22,30)(H,23,28)(H,25,29)/t17-/m1/s1. The SMILES string of the molecule is CNC(=O)[C@@H](NC(=O)c1nc(-c2ccc(=O)[nH]c2)n2c1CN(C)CCC2)C(C)(C)C. The molecule has 0 saturated heterocycles. The van der Waals surface area contributed by atoms with E-state index in [9.17, 15) is 14.4 Å². The number of hydrogen-bond donors (Lipinski definition) is 3. The molecule has 1 aliphatic rings. The number of pyridine rings is 1. The van der Waals surface area contributed by atoms with Crippen molar-refractivity contribution in [1.82, 2.24) is 30.1 Å². The number of fused-ring (bicyclic) bond motifs is 1. The largest absolute Gasteiger partial charge is 0.357 e. The van der Waals surface area contributed by atoms with Crippen LogP contribution in [-0.4, -0.2) is 57.9 Å². The summed E-state index contributed by atoms with van der Waals surface area (Å²) in [6, 6.07) is 2.45. The first kappa shape index (κ1) is 21.8. The molecule has 3 N–H and O–H groups in total. The van der Waals surface area contributed by atoms with Crippen molar-refractivity contribution in [3.63, 3.8) is 0 Å². The second-order valence-electron chi connectivity index (χ2n) is 8.80. The molecule has 9 heteroatoms. The van der Waals surface area contributed by atoms with E-state index in [0.717, 1.165) is 24.2 Å². The highest BCUT2D eigenvalue weighted by atomic mass is 16.2. The fraction of sp³-hybridized carbons (Fsp3) is 0.524. The number of rotatable bonds is 4. The van der Waals surface area contributed by atoms with Gasteiger partial charge in [0, 0.05) is 38.0 Å². The summed E-state index contributed by atoms with van der Waals surface area (Å²) in [5.41, 5.74) is 1.18. The minimum absolute atomic E-state index is 0.197. The predicted molar refractivity (Wildman–Crippen MR) is 114 cm³/mol. The van der Waals surface area contributed by atoms with E-state index in [1.54, 1.807) is 19.3 Å². The fourth-order valence-corrected chi connectivity index (χ4v) is 3.69. The van der Waals surface area contributed by atoms with Gasteiger partial charge in [0.05, 0.1) is 5.69 Å². The summed E-state index contributed by atoms with van der Waals surface area (Å²) >= 11 is 0. The van der Waals surface area contributed by atoms with E-state index in [1.807, 2.05) is 32.4 Å². The van der Waals surface area contributed by atoms with Gasteiger partial charge in [-0.2, -0.15) is 0 Å². The molecule has 0 radical (unpaired) electrons. The Morgan fingerprint density at radius 1 is 1.23 bits per heavy atom. The van der Waals surface area contributed by atoms with Crippen molar-refractivity contribution in [2.24, 2.45) is 5.41 Å². The van der Waals surface area contributed by atoms with Crippen molar-refractivity contribution >= 4 is 11.8 Å². The van der Waals surface area contributed by atoms with E-state index in [4.69, 9.17) is 0 Å². The molecule has 1 aliphatic heterocycles. The summed E-state index contributed by atoms with van der Waals surface area (Å²) in [4.78, 5) is 46.6. The van der Waals surface area contributed by atoms with Crippen molar-refractivity contribution in [2.75, 3.05) is 20.6 Å². The molecular weight excluding hydrogens is 384 g/mol. The molecule has 0 spiro atoms. The summed E-state index contributed by atoms with van der Waals surface area (Å²) in [7, 11) is 3.56. The Labute approximate surface area is 175 Å². The number of H-pyrrole nitrogens is 1. The lowest BCUT2D eigenvalue weighted by Gasteiger charge is -2.29. The van der Waals surface area contributed by atoms with E-state index >= 15 is 0 Å². The van der Waals surface area contributed by atoms with Crippen molar-refractivity contribution in [1.29, 1.82) is 0 Å². The van der Waals surface area contributed by atoms with Gasteiger partial charge in [-0.15, -0.1) is 0 Å². The first-order valence-corrected chi connectivity index (χ1v) is 10.1. The molecule has 2 amide bonds. The second kappa shape index (κ2) is 8.43. The summed E-state index contributed by atoms with van der Waals surface area (Å²) in [6.07, 6.45) is 2.52. The quantitative estimate of drug-likeness (QED) is 0.690. The third-order valence-electron chi connectivity index (χ3n) is 5.32. The maximum absolute atomic E-state index is 13.3. The number of carbonyl (C=O) groups is 2. The Balaban J connectivity index is 2.05. The molecule has 0 aromatic carbocycles. The Hall–Kier alpha value is -2.94. The second-order valence-corrected chi connectivity index (χ2v) is 8.80. The Kier molecular flexibility index (Phi) is 6.12. The molecule has 30 heavy (non-hydrogen) atoms. The highest BCUT2D eigenvalue weighted by Crippen LogP contribution is 2.26. The molecule has 0 saturated carbocycles. The Bertz CT molecular complexity index is 981. The number of aromatic nitrogens is 3. The minimum Gasteiger partial charge on any atom is -0.357 e. The lowest BCUT2D eigenvalue weighted by atomic mass is 9.86. The van der Waals surface area contributed by atoms with Crippen LogP contribution in [0.25, 0.3) is 11.4 Å². The maximum Gasteiger partial charge on any atom is 0.272 e. The number of imidazole rings is 1. The summed E-state index contributed by atoms with van der Waals surface area (Å²) in [5.74, 6) is 0.00123. The molecule has 0 fully saturated rings. The van der Waals surface area contributed by atoms with Crippen LogP contribution >= 0.6 is 0 Å². The zero-order valence-electron chi connectivity index (χ0n) is 18.2. The number of nitrogens with one attached hydrogen (secondary N) is 3. The third kappa shape index (κ3) is 4.46. The monoisotopic (exact) mass is 414 g/mol. The van der Waals surface area contributed by atoms with E-state index in [1.165, 1.54) is 6.07 Å². The average Bonchev–Trinajstić information content (AvgIpc) is 2.91. The molecule has 162 valence electrons. The van der Waals surface area contributed by atoms with Crippen molar-refractivity contribution in [3.05, 3.63) is 40.1 Å². The van der Waals surface area contributed by atoms with Gasteiger partial charge >= 0.3 is 0 Å². The van der Waals surface area contributed by atoms with Gasteiger partial charge in [0.2, 0.25) is 11.5 Å². The Morgan fingerprint density at radius 3 is 2.57 bits per heavy atom. The molecule has 2 aromatic heterocycles. The fourth-order valence-electron chi connectivity index (χ4n) is 3.69. The topological polar surface area (TPSA) is 112 Å². The van der Waals surface area contributed by atoms with E-state index in [0.29, 0.717) is 24.6 Å². The lowest BCUT2D eigenvalue weighted by Crippen LogP contribution is -2.53. The van der Waals surface area contributed by atoms with Crippen LogP contribution < -0.4 is 16.2 Å². The normalized spacial score (nSPS) is 15.8. The highest BCUT2D eigenvalue weighted by molar-refractivity contribution is 5.97. The summed E-state index contributed by atoms with van der Waals surface area (Å²) < 4.78 is 2.04. The number of carbonyl (C=O) groups excluding carboxylic acids is 2. The van der Waals surface area contributed by atoms with Crippen LogP contribution in [0.2, 0.25) is 0 Å². The predicted octanol–water partition coefficient (Wildman–Crippen LogP) is 0.964. The van der Waals surface area contributed by atoms with Crippen molar-refractivity contribution < 1.29 is 9.59 Å². The molecule has 3 rings (SSSR count). The van der Waals surface area contributed by atoms with Crippen LogP contribution in [0.5, 0.6) is 0 Å². The molecule has 0 aliphatic carbocycles. The zero-order valence-corrected chi connectivity index (χ0v) is 18.2. The van der Waals surface area contributed by atoms with Gasteiger partial charge in [-0.25, -0.2) is 4.98 Å². The van der Waals surface area contributed by atoms with Gasteiger partial charge in [0.15, 0.2) is 5.69 Å². The van der Waals surface area contributed by atoms with Gasteiger partial charge in [-0.05, 0) is 31.5 Å². The number of amides is 2. The maximum atomic E-state index is 13.3. The molecule has 1 atom stereocenters. The highest BCUT2D eigenvalue weighted by Gasteiger charge is 2.34. The Morgan fingerprint density at radius 2 is 1.97 bits per heavy atom. The summed E-state index contributed by atoms with van der Waals surface area (Å²) in [6.45, 7) is 7.89. The van der Waals surface area contributed by atoms with Crippen LogP contribution in [0.3, 0.4) is 0 Å². The number of nitrogens with zero attached hydrogens (tertiary/aromatic N) is 3. The van der Waals surface area contributed by atoms with Crippen molar-refractivity contribution in [2.45, 2.75) is 46.3 Å². The van der Waals surface area contributed by atoms with Crippen LogP contribution in [0, 0.1) is 5.41 Å². The van der Waals surface area contributed by atoms with Gasteiger partial charge in [0.25, 0.3) is 5.91 Å². The number of likely N-dealkylation sites (N-methyl/N-ethyl adjacent to an activating group) is 1. The lowest BCUT2D eigenvalue weighted by molar-refractivity contribution is -0.124. The van der Waals surface area contributed by atoms with E-state index in [2.05, 4.69) is 25.5 Å². The van der Waals surface area contributed by atoms with Crippen LogP contribution in [0.4, 0.5) is 0 Å². The minimum atomic E-state index is -0.701. The molecular formula is C21H30N6O3. The smallest absolute Gasteiger partial charge is 0.272 e. The van der Waals surface area contributed by atoms with E-state index < -0.39 is 11.5 Å². The van der Waals surface area contributed by atoms with Gasteiger partial charge in [0.1, 0.15) is 11.9 Å². The van der Waals surface area contributed by atoms with Crippen LogP contribution in [0.15, 0.2) is 23.1 Å². The first-order chi connectivity index (χ1) is 14.1. The average molecular weight is 415 g/mol. The number of aromatic amines is 1. The number of hydrogen-bond acceptors (Lipinski definition) is 5. The van der Waals surface area contributed by atoms with Gasteiger partial charge in [-0.3, -0.25) is 14.4 Å². The molecule has 0 unspecified atom stereocenters. The van der Waals surface area contributed by atoms with Crippen molar-refractivity contribution in [3.8, 4) is 11.4 Å². The molecule has 3 heterocycles. The summed E-state index contributed by atoms with van der Waals surface area (Å²) in [5, 5.41) is 5.50. The van der Waals surface area contributed by atoms with Crippen LogP contribution in [0.1, 0.15) is 43.4 Å².